The molecule has 3 aromatic carbocycles. The highest BCUT2D eigenvalue weighted by atomic mass is 32.2. The Hall–Kier alpha value is -3.25. The number of rotatable bonds is 4. The van der Waals surface area contributed by atoms with Gasteiger partial charge in [-0.05, 0) is 48.0 Å². The second-order valence-electron chi connectivity index (χ2n) is 6.18. The number of aromatic nitrogens is 2. The zero-order valence-corrected chi connectivity index (χ0v) is 15.2. The maximum atomic E-state index is 12.8. The Labute approximate surface area is 158 Å². The van der Waals surface area contributed by atoms with E-state index in [4.69, 9.17) is 5.73 Å². The lowest BCUT2D eigenvalue weighted by Crippen LogP contribution is -2.23. The molecule has 0 saturated heterocycles. The summed E-state index contributed by atoms with van der Waals surface area (Å²) in [5, 5.41) is 5.48. The molecule has 0 spiro atoms. The molecule has 0 aliphatic rings. The molecule has 134 valence electrons. The molecule has 0 aliphatic carbocycles. The van der Waals surface area contributed by atoms with Crippen LogP contribution in [0.3, 0.4) is 0 Å². The number of nitrogens with two attached hydrogens (primary N) is 1. The van der Waals surface area contributed by atoms with Gasteiger partial charge in [0.1, 0.15) is 0 Å². The summed E-state index contributed by atoms with van der Waals surface area (Å²) in [6, 6.07) is 21.8. The quantitative estimate of drug-likeness (QED) is 0.556. The van der Waals surface area contributed by atoms with Crippen molar-refractivity contribution in [2.45, 2.75) is 16.3 Å². The average Bonchev–Trinajstić information content (AvgIpc) is 2.70. The van der Waals surface area contributed by atoms with Crippen molar-refractivity contribution < 1.29 is 4.21 Å². The summed E-state index contributed by atoms with van der Waals surface area (Å²) < 4.78 is 14.1. The number of hydrogen-bond acceptors (Lipinski definition) is 4. The van der Waals surface area contributed by atoms with E-state index in [2.05, 4.69) is 5.10 Å². The van der Waals surface area contributed by atoms with Gasteiger partial charge in [0.25, 0.3) is 5.56 Å². The topological polar surface area (TPSA) is 78.0 Å². The van der Waals surface area contributed by atoms with Crippen molar-refractivity contribution in [2.75, 3.05) is 5.73 Å². The molecule has 1 atom stereocenters. The second kappa shape index (κ2) is 7.17. The largest absolute Gasteiger partial charge is 0.399 e. The highest BCUT2D eigenvalue weighted by Crippen LogP contribution is 2.20. The zero-order valence-electron chi connectivity index (χ0n) is 14.4. The second-order valence-corrected chi connectivity index (χ2v) is 7.66. The van der Waals surface area contributed by atoms with Crippen LogP contribution in [0.2, 0.25) is 0 Å². The van der Waals surface area contributed by atoms with Crippen molar-refractivity contribution in [3.05, 3.63) is 94.9 Å². The van der Waals surface area contributed by atoms with Gasteiger partial charge in [-0.2, -0.15) is 5.10 Å². The van der Waals surface area contributed by atoms with Gasteiger partial charge in [-0.15, -0.1) is 0 Å². The van der Waals surface area contributed by atoms with Gasteiger partial charge in [-0.25, -0.2) is 8.89 Å². The van der Waals surface area contributed by atoms with Gasteiger partial charge in [-0.3, -0.25) is 4.79 Å². The van der Waals surface area contributed by atoms with E-state index in [9.17, 15) is 9.00 Å². The van der Waals surface area contributed by atoms with Gasteiger partial charge in [0.2, 0.25) is 0 Å². The molecular weight excluding hydrogens is 358 g/mol. The van der Waals surface area contributed by atoms with E-state index in [1.54, 1.807) is 30.5 Å². The summed E-state index contributed by atoms with van der Waals surface area (Å²) in [5.74, 6) is 0. The summed E-state index contributed by atoms with van der Waals surface area (Å²) in [7, 11) is -1.30. The monoisotopic (exact) mass is 375 g/mol. The van der Waals surface area contributed by atoms with E-state index in [0.717, 1.165) is 10.5 Å². The van der Waals surface area contributed by atoms with Crippen LogP contribution in [0.4, 0.5) is 5.69 Å². The number of anilines is 1. The summed E-state index contributed by atoms with van der Waals surface area (Å²) in [6.45, 7) is 0.345. The molecule has 6 heteroatoms. The van der Waals surface area contributed by atoms with Gasteiger partial charge < -0.3 is 5.73 Å². The number of fused-ring (bicyclic) bond motifs is 1. The molecule has 0 bridgehead atoms. The van der Waals surface area contributed by atoms with E-state index < -0.39 is 10.8 Å². The van der Waals surface area contributed by atoms with Crippen molar-refractivity contribution >= 4 is 27.3 Å². The van der Waals surface area contributed by atoms with Crippen molar-refractivity contribution in [1.29, 1.82) is 0 Å². The molecule has 0 fully saturated rings. The molecule has 0 aliphatic heterocycles. The Morgan fingerprint density at radius 1 is 0.926 bits per heavy atom. The van der Waals surface area contributed by atoms with Crippen LogP contribution in [0.25, 0.3) is 10.8 Å². The Bertz CT molecular complexity index is 1200. The van der Waals surface area contributed by atoms with E-state index in [-0.39, 0.29) is 5.56 Å². The molecule has 1 heterocycles. The van der Waals surface area contributed by atoms with Gasteiger partial charge >= 0.3 is 0 Å². The lowest BCUT2D eigenvalue weighted by molar-refractivity contribution is 0.647. The minimum atomic E-state index is -1.30. The standard InChI is InChI=1S/C21H17N3O2S/c22-17-6-4-5-15(11-17)14-24-21(25)20-10-9-19(12-16(20)13-23-24)27(26)18-7-2-1-3-8-18/h1-13H,14,22H2. The SMILES string of the molecule is Nc1cccc(Cn2ncc3cc(S(=O)c4ccccc4)ccc3c2=O)c1. The lowest BCUT2D eigenvalue weighted by Gasteiger charge is -2.08. The Morgan fingerprint density at radius 2 is 1.74 bits per heavy atom. The Kier molecular flexibility index (Phi) is 4.56. The van der Waals surface area contributed by atoms with Crippen molar-refractivity contribution in [3.8, 4) is 0 Å². The first-order valence-corrected chi connectivity index (χ1v) is 9.58. The molecule has 27 heavy (non-hydrogen) atoms. The molecule has 5 nitrogen and oxygen atoms in total. The predicted molar refractivity (Wildman–Crippen MR) is 107 cm³/mol. The summed E-state index contributed by atoms with van der Waals surface area (Å²) in [4.78, 5) is 14.1. The Balaban J connectivity index is 1.70. The lowest BCUT2D eigenvalue weighted by atomic mass is 10.2. The molecule has 1 aromatic heterocycles. The number of benzene rings is 3. The molecule has 0 saturated carbocycles. The van der Waals surface area contributed by atoms with Crippen LogP contribution in [0, 0.1) is 0 Å². The van der Waals surface area contributed by atoms with E-state index in [0.29, 0.717) is 27.9 Å². The number of hydrogen-bond donors (Lipinski definition) is 1. The van der Waals surface area contributed by atoms with Crippen LogP contribution in [0.15, 0.2) is 93.6 Å². The third kappa shape index (κ3) is 3.52. The fraction of sp³-hybridized carbons (Fsp3) is 0.0476. The van der Waals surface area contributed by atoms with Crippen LogP contribution in [-0.4, -0.2) is 14.0 Å². The predicted octanol–water partition coefficient (Wildman–Crippen LogP) is 3.19. The molecule has 0 radical (unpaired) electrons. The van der Waals surface area contributed by atoms with Crippen molar-refractivity contribution in [1.82, 2.24) is 9.78 Å². The zero-order chi connectivity index (χ0) is 18.8. The smallest absolute Gasteiger partial charge is 0.274 e. The van der Waals surface area contributed by atoms with Crippen LogP contribution in [0.1, 0.15) is 5.56 Å². The van der Waals surface area contributed by atoms with Crippen molar-refractivity contribution in [3.63, 3.8) is 0 Å². The minimum absolute atomic E-state index is 0.188. The van der Waals surface area contributed by atoms with Gasteiger partial charge in [-0.1, -0.05) is 30.3 Å². The Morgan fingerprint density at radius 3 is 2.52 bits per heavy atom. The minimum Gasteiger partial charge on any atom is -0.399 e. The first kappa shape index (κ1) is 17.2. The highest BCUT2D eigenvalue weighted by molar-refractivity contribution is 7.85. The first-order chi connectivity index (χ1) is 13.1. The summed E-state index contributed by atoms with van der Waals surface area (Å²) >= 11 is 0. The maximum absolute atomic E-state index is 12.8. The number of nitrogen functional groups attached to an aromatic ring is 1. The third-order valence-corrected chi connectivity index (χ3v) is 5.66. The van der Waals surface area contributed by atoms with Crippen LogP contribution in [0.5, 0.6) is 0 Å². The first-order valence-electron chi connectivity index (χ1n) is 8.43. The molecule has 1 unspecified atom stereocenters. The average molecular weight is 375 g/mol. The van der Waals surface area contributed by atoms with Crippen LogP contribution >= 0.6 is 0 Å². The van der Waals surface area contributed by atoms with Crippen molar-refractivity contribution in [2.24, 2.45) is 0 Å². The molecular formula is C21H17N3O2S. The van der Waals surface area contributed by atoms with Gasteiger partial charge in [0, 0.05) is 20.9 Å². The van der Waals surface area contributed by atoms with Crippen LogP contribution < -0.4 is 11.3 Å². The fourth-order valence-corrected chi connectivity index (χ4v) is 4.04. The highest BCUT2D eigenvalue weighted by Gasteiger charge is 2.10. The van der Waals surface area contributed by atoms with E-state index in [1.165, 1.54) is 4.68 Å². The molecule has 2 N–H and O–H groups in total. The van der Waals surface area contributed by atoms with E-state index in [1.807, 2.05) is 48.5 Å². The van der Waals surface area contributed by atoms with Gasteiger partial charge in [0.05, 0.1) is 28.9 Å². The molecule has 4 rings (SSSR count). The molecule has 0 amide bonds. The maximum Gasteiger partial charge on any atom is 0.274 e. The van der Waals surface area contributed by atoms with Crippen LogP contribution in [-0.2, 0) is 17.3 Å². The summed E-state index contributed by atoms with van der Waals surface area (Å²) in [6.07, 6.45) is 1.63. The molecule has 4 aromatic rings. The van der Waals surface area contributed by atoms with E-state index >= 15 is 0 Å². The fourth-order valence-electron chi connectivity index (χ4n) is 2.94. The van der Waals surface area contributed by atoms with Gasteiger partial charge in [0.15, 0.2) is 0 Å². The third-order valence-electron chi connectivity index (χ3n) is 4.28. The number of nitrogens with zero attached hydrogens (tertiary/aromatic N) is 2. The normalized spacial score (nSPS) is 12.1. The summed E-state index contributed by atoms with van der Waals surface area (Å²) in [5.41, 5.74) is 7.16.